The van der Waals surface area contributed by atoms with Crippen LogP contribution >= 0.6 is 0 Å². The van der Waals surface area contributed by atoms with Crippen LogP contribution in [0.25, 0.3) is 0 Å². The summed E-state index contributed by atoms with van der Waals surface area (Å²) in [4.78, 5) is 26.6. The second-order valence-electron chi connectivity index (χ2n) is 9.77. The summed E-state index contributed by atoms with van der Waals surface area (Å²) in [5.74, 6) is -0.0454. The highest BCUT2D eigenvalue weighted by Gasteiger charge is 2.26. The Labute approximate surface area is 199 Å². The largest absolute Gasteiger partial charge is 0.340 e. The summed E-state index contributed by atoms with van der Waals surface area (Å²) in [5.41, 5.74) is 0.873. The third-order valence-corrected chi connectivity index (χ3v) is 7.18. The van der Waals surface area contributed by atoms with Crippen LogP contribution in [0.3, 0.4) is 0 Å². The summed E-state index contributed by atoms with van der Waals surface area (Å²) in [6.07, 6.45) is 6.39. The molecule has 1 aliphatic carbocycles. The Balaban J connectivity index is 1.68. The van der Waals surface area contributed by atoms with E-state index in [1.165, 1.54) is 19.3 Å². The molecule has 2 unspecified atom stereocenters. The van der Waals surface area contributed by atoms with Gasteiger partial charge in [0.25, 0.3) is 5.91 Å². The van der Waals surface area contributed by atoms with Crippen molar-refractivity contribution in [2.45, 2.75) is 75.8 Å². The third kappa shape index (κ3) is 8.09. The van der Waals surface area contributed by atoms with E-state index in [4.69, 9.17) is 0 Å². The highest BCUT2D eigenvalue weighted by atomic mass is 32.2. The van der Waals surface area contributed by atoms with Crippen LogP contribution in [0.2, 0.25) is 0 Å². The topological polar surface area (TPSA) is 87.3 Å². The summed E-state index contributed by atoms with van der Waals surface area (Å²) in [6, 6.07) is 15.3. The lowest BCUT2D eigenvalue weighted by atomic mass is 9.84. The van der Waals surface area contributed by atoms with Gasteiger partial charge in [0.1, 0.15) is 17.0 Å². The molecule has 2 atom stereocenters. The summed E-state index contributed by atoms with van der Waals surface area (Å²) in [5, 5.41) is 5.88. The SMILES string of the molecule is CC(C)(C)NS(=O)c1ccc(NC(=O)C(CC2CCCCC2)NC(=O)c2ccccc2)cc1. The molecule has 0 radical (unpaired) electrons. The zero-order valence-electron chi connectivity index (χ0n) is 19.7. The average Bonchev–Trinajstić information content (AvgIpc) is 2.79. The Bertz CT molecular complexity index is 949. The molecule has 3 rings (SSSR count). The second kappa shape index (κ2) is 11.6. The highest BCUT2D eigenvalue weighted by molar-refractivity contribution is 7.83. The van der Waals surface area contributed by atoms with Gasteiger partial charge in [0.2, 0.25) is 5.91 Å². The first-order chi connectivity index (χ1) is 15.7. The van der Waals surface area contributed by atoms with E-state index in [0.717, 1.165) is 12.8 Å². The normalized spacial score (nSPS) is 16.6. The van der Waals surface area contributed by atoms with Crippen LogP contribution < -0.4 is 15.4 Å². The van der Waals surface area contributed by atoms with Gasteiger partial charge in [0, 0.05) is 16.8 Å². The van der Waals surface area contributed by atoms with Crippen molar-refractivity contribution in [3.8, 4) is 0 Å². The van der Waals surface area contributed by atoms with E-state index in [9.17, 15) is 13.8 Å². The quantitative estimate of drug-likeness (QED) is 0.519. The number of anilines is 1. The molecule has 2 aromatic rings. The first kappa shape index (κ1) is 25.1. The van der Waals surface area contributed by atoms with Crippen molar-refractivity contribution >= 4 is 28.5 Å². The van der Waals surface area contributed by atoms with Crippen molar-refractivity contribution < 1.29 is 13.8 Å². The van der Waals surface area contributed by atoms with Crippen molar-refractivity contribution in [2.24, 2.45) is 5.92 Å². The molecule has 0 heterocycles. The van der Waals surface area contributed by atoms with Crippen LogP contribution in [0.4, 0.5) is 5.69 Å². The van der Waals surface area contributed by atoms with Crippen molar-refractivity contribution in [1.82, 2.24) is 10.0 Å². The summed E-state index contributed by atoms with van der Waals surface area (Å²) in [6.45, 7) is 5.86. The predicted octanol–water partition coefficient (Wildman–Crippen LogP) is 4.80. The van der Waals surface area contributed by atoms with Gasteiger partial charge in [-0.05, 0) is 69.5 Å². The van der Waals surface area contributed by atoms with Crippen LogP contribution in [-0.2, 0) is 15.8 Å². The number of hydrogen-bond acceptors (Lipinski definition) is 3. The minimum atomic E-state index is -1.34. The fraction of sp³-hybridized carbons (Fsp3) is 0.462. The van der Waals surface area contributed by atoms with Crippen LogP contribution in [0, 0.1) is 5.92 Å². The minimum Gasteiger partial charge on any atom is -0.340 e. The Morgan fingerprint density at radius 3 is 2.21 bits per heavy atom. The van der Waals surface area contributed by atoms with E-state index in [1.54, 1.807) is 36.4 Å². The fourth-order valence-electron chi connectivity index (χ4n) is 4.05. The number of carbonyl (C=O) groups excluding carboxylic acids is 2. The predicted molar refractivity (Wildman–Crippen MR) is 133 cm³/mol. The summed E-state index contributed by atoms with van der Waals surface area (Å²) < 4.78 is 15.5. The molecule has 1 aliphatic rings. The van der Waals surface area contributed by atoms with Gasteiger partial charge in [0.05, 0.1) is 4.90 Å². The lowest BCUT2D eigenvalue weighted by molar-refractivity contribution is -0.118. The molecule has 2 amide bonds. The molecule has 6 nitrogen and oxygen atoms in total. The molecule has 2 aromatic carbocycles. The zero-order valence-corrected chi connectivity index (χ0v) is 20.5. The summed E-state index contributed by atoms with van der Waals surface area (Å²) >= 11 is 0. The molecular formula is C26H35N3O3S. The Hall–Kier alpha value is -2.51. The molecule has 0 aliphatic heterocycles. The van der Waals surface area contributed by atoms with E-state index in [-0.39, 0.29) is 17.4 Å². The third-order valence-electron chi connectivity index (χ3n) is 5.69. The fourth-order valence-corrected chi connectivity index (χ4v) is 5.10. The number of benzene rings is 2. The standard InChI is InChI=1S/C26H35N3O3S/c1-26(2,3)29-33(32)22-16-14-21(15-17-22)27-25(31)23(18-19-10-6-4-7-11-19)28-24(30)20-12-8-5-9-13-20/h5,8-9,12-17,19,23,29H,4,6-7,10-11,18H2,1-3H3,(H,27,31)(H,28,30). The van der Waals surface area contributed by atoms with Crippen LogP contribution in [0.1, 0.15) is 69.7 Å². The van der Waals surface area contributed by atoms with Crippen molar-refractivity contribution in [3.05, 3.63) is 60.2 Å². The molecular weight excluding hydrogens is 434 g/mol. The highest BCUT2D eigenvalue weighted by Crippen LogP contribution is 2.28. The maximum Gasteiger partial charge on any atom is 0.251 e. The maximum absolute atomic E-state index is 13.2. The van der Waals surface area contributed by atoms with Crippen molar-refractivity contribution in [2.75, 3.05) is 5.32 Å². The zero-order chi connectivity index (χ0) is 23.8. The number of hydrogen-bond donors (Lipinski definition) is 3. The lowest BCUT2D eigenvalue weighted by Crippen LogP contribution is -2.45. The van der Waals surface area contributed by atoms with E-state index < -0.39 is 17.0 Å². The van der Waals surface area contributed by atoms with E-state index in [0.29, 0.717) is 28.5 Å². The van der Waals surface area contributed by atoms with Crippen molar-refractivity contribution in [1.29, 1.82) is 0 Å². The van der Waals surface area contributed by atoms with Gasteiger partial charge in [0.15, 0.2) is 0 Å². The van der Waals surface area contributed by atoms with E-state index in [1.807, 2.05) is 39.0 Å². The molecule has 3 N–H and O–H groups in total. The number of rotatable bonds is 8. The molecule has 0 spiro atoms. The van der Waals surface area contributed by atoms with Gasteiger partial charge in [-0.3, -0.25) is 9.59 Å². The van der Waals surface area contributed by atoms with Crippen molar-refractivity contribution in [3.63, 3.8) is 0 Å². The van der Waals surface area contributed by atoms with Gasteiger partial charge in [-0.1, -0.05) is 50.3 Å². The second-order valence-corrected chi connectivity index (χ2v) is 11.0. The first-order valence-corrected chi connectivity index (χ1v) is 12.8. The van der Waals surface area contributed by atoms with Crippen LogP contribution in [0.5, 0.6) is 0 Å². The molecule has 1 saturated carbocycles. The number of nitrogens with one attached hydrogen (secondary N) is 3. The average molecular weight is 470 g/mol. The van der Waals surface area contributed by atoms with Gasteiger partial charge in [-0.25, -0.2) is 8.93 Å². The lowest BCUT2D eigenvalue weighted by Gasteiger charge is -2.26. The molecule has 0 aromatic heterocycles. The molecule has 0 saturated heterocycles. The number of amides is 2. The smallest absolute Gasteiger partial charge is 0.251 e. The number of carbonyl (C=O) groups is 2. The van der Waals surface area contributed by atoms with Crippen LogP contribution in [-0.4, -0.2) is 27.6 Å². The minimum absolute atomic E-state index is 0.230. The molecule has 1 fully saturated rings. The van der Waals surface area contributed by atoms with E-state index >= 15 is 0 Å². The monoisotopic (exact) mass is 469 g/mol. The van der Waals surface area contributed by atoms with Gasteiger partial charge in [-0.15, -0.1) is 0 Å². The Kier molecular flexibility index (Phi) is 8.80. The maximum atomic E-state index is 13.2. The molecule has 178 valence electrons. The van der Waals surface area contributed by atoms with E-state index in [2.05, 4.69) is 15.4 Å². The van der Waals surface area contributed by atoms with Gasteiger partial charge < -0.3 is 10.6 Å². The van der Waals surface area contributed by atoms with Gasteiger partial charge >= 0.3 is 0 Å². The molecule has 7 heteroatoms. The Morgan fingerprint density at radius 1 is 0.970 bits per heavy atom. The summed E-state index contributed by atoms with van der Waals surface area (Å²) in [7, 11) is -1.34. The first-order valence-electron chi connectivity index (χ1n) is 11.7. The van der Waals surface area contributed by atoms with Crippen LogP contribution in [0.15, 0.2) is 59.5 Å². The molecule has 33 heavy (non-hydrogen) atoms. The Morgan fingerprint density at radius 2 is 1.61 bits per heavy atom. The van der Waals surface area contributed by atoms with Gasteiger partial charge in [-0.2, -0.15) is 0 Å². The molecule has 0 bridgehead atoms.